The lowest BCUT2D eigenvalue weighted by molar-refractivity contribution is -0.145. The van der Waals surface area contributed by atoms with Crippen LogP contribution in [0.3, 0.4) is 0 Å². The molecule has 3 atom stereocenters. The summed E-state index contributed by atoms with van der Waals surface area (Å²) in [4.78, 5) is 23.9. The number of ether oxygens (including phenoxy) is 2. The number of benzene rings is 1. The van der Waals surface area contributed by atoms with Crippen molar-refractivity contribution in [3.05, 3.63) is 29.8 Å². The van der Waals surface area contributed by atoms with E-state index in [4.69, 9.17) is 9.47 Å². The van der Waals surface area contributed by atoms with E-state index < -0.39 is 17.9 Å². The van der Waals surface area contributed by atoms with Gasteiger partial charge in [-0.2, -0.15) is 0 Å². The predicted molar refractivity (Wildman–Crippen MR) is 84.5 cm³/mol. The van der Waals surface area contributed by atoms with Crippen LogP contribution in [0.5, 0.6) is 5.75 Å². The molecule has 0 spiro atoms. The van der Waals surface area contributed by atoms with Crippen LogP contribution in [-0.4, -0.2) is 43.3 Å². The molecule has 3 unspecified atom stereocenters. The SMILES string of the molecule is COc1cccc(C(C)C(=O)NC(C(=O)O)C2CCCOC2)c1. The number of carboxylic acid groups (broad SMARTS) is 1. The summed E-state index contributed by atoms with van der Waals surface area (Å²) in [7, 11) is 1.56. The van der Waals surface area contributed by atoms with Crippen molar-refractivity contribution < 1.29 is 24.2 Å². The Labute approximate surface area is 135 Å². The van der Waals surface area contributed by atoms with Crippen molar-refractivity contribution in [1.29, 1.82) is 0 Å². The first kappa shape index (κ1) is 17.3. The van der Waals surface area contributed by atoms with Gasteiger partial charge in [0.2, 0.25) is 5.91 Å². The highest BCUT2D eigenvalue weighted by Gasteiger charge is 2.32. The third kappa shape index (κ3) is 4.45. The maximum Gasteiger partial charge on any atom is 0.326 e. The van der Waals surface area contributed by atoms with Gasteiger partial charge in [-0.3, -0.25) is 4.79 Å². The Morgan fingerprint density at radius 1 is 1.43 bits per heavy atom. The molecule has 1 aliphatic rings. The van der Waals surface area contributed by atoms with Gasteiger partial charge in [-0.05, 0) is 37.5 Å². The highest BCUT2D eigenvalue weighted by Crippen LogP contribution is 2.22. The fourth-order valence-electron chi connectivity index (χ4n) is 2.75. The van der Waals surface area contributed by atoms with Crippen molar-refractivity contribution in [3.63, 3.8) is 0 Å². The fourth-order valence-corrected chi connectivity index (χ4v) is 2.75. The van der Waals surface area contributed by atoms with E-state index in [1.54, 1.807) is 26.2 Å². The van der Waals surface area contributed by atoms with Gasteiger partial charge in [0.1, 0.15) is 11.8 Å². The Hall–Kier alpha value is -2.08. The average molecular weight is 321 g/mol. The van der Waals surface area contributed by atoms with Gasteiger partial charge in [0.05, 0.1) is 19.6 Å². The van der Waals surface area contributed by atoms with Gasteiger partial charge in [-0.15, -0.1) is 0 Å². The van der Waals surface area contributed by atoms with Crippen LogP contribution in [0, 0.1) is 5.92 Å². The summed E-state index contributed by atoms with van der Waals surface area (Å²) in [6.45, 7) is 2.77. The average Bonchev–Trinajstić information content (AvgIpc) is 2.59. The van der Waals surface area contributed by atoms with Crippen molar-refractivity contribution in [2.45, 2.75) is 31.7 Å². The highest BCUT2D eigenvalue weighted by atomic mass is 16.5. The molecule has 6 nitrogen and oxygen atoms in total. The zero-order chi connectivity index (χ0) is 16.8. The van der Waals surface area contributed by atoms with Crippen LogP contribution in [0.25, 0.3) is 0 Å². The first-order chi connectivity index (χ1) is 11.0. The molecular weight excluding hydrogens is 298 g/mol. The van der Waals surface area contributed by atoms with E-state index in [-0.39, 0.29) is 11.8 Å². The summed E-state index contributed by atoms with van der Waals surface area (Å²) in [6.07, 6.45) is 1.56. The van der Waals surface area contributed by atoms with Crippen LogP contribution in [0.1, 0.15) is 31.2 Å². The maximum atomic E-state index is 12.4. The standard InChI is InChI=1S/C17H23NO5/c1-11(12-5-3-7-14(9-12)22-2)16(19)18-15(17(20)21)13-6-4-8-23-10-13/h3,5,7,9,11,13,15H,4,6,8,10H2,1-2H3,(H,18,19)(H,20,21). The van der Waals surface area contributed by atoms with Crippen molar-refractivity contribution in [3.8, 4) is 5.75 Å². The number of nitrogens with one attached hydrogen (secondary N) is 1. The Bertz CT molecular complexity index is 554. The molecule has 23 heavy (non-hydrogen) atoms. The lowest BCUT2D eigenvalue weighted by Gasteiger charge is -2.29. The zero-order valence-electron chi connectivity index (χ0n) is 13.5. The van der Waals surface area contributed by atoms with Crippen molar-refractivity contribution in [1.82, 2.24) is 5.32 Å². The molecule has 1 amide bonds. The number of hydrogen-bond acceptors (Lipinski definition) is 4. The number of carboxylic acids is 1. The van der Waals surface area contributed by atoms with Crippen LogP contribution in [-0.2, 0) is 14.3 Å². The summed E-state index contributed by atoms with van der Waals surface area (Å²) in [5.41, 5.74) is 0.783. The fraction of sp³-hybridized carbons (Fsp3) is 0.529. The molecule has 1 heterocycles. The van der Waals surface area contributed by atoms with Gasteiger partial charge >= 0.3 is 5.97 Å². The number of methoxy groups -OCH3 is 1. The van der Waals surface area contributed by atoms with Crippen LogP contribution < -0.4 is 10.1 Å². The lowest BCUT2D eigenvalue weighted by Crippen LogP contribution is -2.49. The molecule has 0 saturated carbocycles. The second-order valence-electron chi connectivity index (χ2n) is 5.80. The van der Waals surface area contributed by atoms with E-state index in [2.05, 4.69) is 5.32 Å². The monoisotopic (exact) mass is 321 g/mol. The number of carbonyl (C=O) groups excluding carboxylic acids is 1. The Morgan fingerprint density at radius 2 is 2.22 bits per heavy atom. The van der Waals surface area contributed by atoms with Crippen LogP contribution >= 0.6 is 0 Å². The first-order valence-corrected chi connectivity index (χ1v) is 7.77. The van der Waals surface area contributed by atoms with Crippen molar-refractivity contribution in [2.75, 3.05) is 20.3 Å². The molecule has 6 heteroatoms. The number of aliphatic carboxylic acids is 1. The minimum Gasteiger partial charge on any atom is -0.497 e. The largest absolute Gasteiger partial charge is 0.497 e. The van der Waals surface area contributed by atoms with Gasteiger partial charge in [-0.1, -0.05) is 12.1 Å². The number of carbonyl (C=O) groups is 2. The van der Waals surface area contributed by atoms with Crippen LogP contribution in [0.2, 0.25) is 0 Å². The normalized spacial score (nSPS) is 20.3. The summed E-state index contributed by atoms with van der Waals surface area (Å²) >= 11 is 0. The topological polar surface area (TPSA) is 84.9 Å². The predicted octanol–water partition coefficient (Wildman–Crippen LogP) is 1.79. The maximum absolute atomic E-state index is 12.4. The van der Waals surface area contributed by atoms with Gasteiger partial charge < -0.3 is 19.9 Å². The van der Waals surface area contributed by atoms with E-state index in [1.807, 2.05) is 12.1 Å². The molecular formula is C17H23NO5. The molecule has 1 aromatic carbocycles. The molecule has 1 aliphatic heterocycles. The summed E-state index contributed by atoms with van der Waals surface area (Å²) in [6, 6.07) is 6.29. The number of rotatable bonds is 6. The van der Waals surface area contributed by atoms with Crippen LogP contribution in [0.4, 0.5) is 0 Å². The Kier molecular flexibility index (Phi) is 5.98. The van der Waals surface area contributed by atoms with Crippen molar-refractivity contribution in [2.24, 2.45) is 5.92 Å². The number of hydrogen-bond donors (Lipinski definition) is 2. The molecule has 1 fully saturated rings. The second-order valence-corrected chi connectivity index (χ2v) is 5.80. The van der Waals surface area contributed by atoms with Gasteiger partial charge in [0.25, 0.3) is 0 Å². The molecule has 2 rings (SSSR count). The summed E-state index contributed by atoms with van der Waals surface area (Å²) in [5, 5.41) is 12.1. The second kappa shape index (κ2) is 7.97. The minimum absolute atomic E-state index is 0.192. The molecule has 0 bridgehead atoms. The zero-order valence-corrected chi connectivity index (χ0v) is 13.5. The van der Waals surface area contributed by atoms with Crippen molar-refractivity contribution >= 4 is 11.9 Å². The van der Waals surface area contributed by atoms with Gasteiger partial charge in [0, 0.05) is 12.5 Å². The lowest BCUT2D eigenvalue weighted by atomic mass is 9.92. The summed E-state index contributed by atoms with van der Waals surface area (Å²) in [5.74, 6) is -1.32. The molecule has 0 radical (unpaired) electrons. The number of amides is 1. The highest BCUT2D eigenvalue weighted by molar-refractivity contribution is 5.88. The molecule has 0 aliphatic carbocycles. The molecule has 0 aromatic heterocycles. The van der Waals surface area contributed by atoms with E-state index in [9.17, 15) is 14.7 Å². The van der Waals surface area contributed by atoms with E-state index in [0.717, 1.165) is 18.4 Å². The Balaban J connectivity index is 2.06. The van der Waals surface area contributed by atoms with E-state index in [0.29, 0.717) is 19.0 Å². The van der Waals surface area contributed by atoms with Gasteiger partial charge in [0.15, 0.2) is 0 Å². The first-order valence-electron chi connectivity index (χ1n) is 7.77. The molecule has 2 N–H and O–H groups in total. The van der Waals surface area contributed by atoms with Gasteiger partial charge in [-0.25, -0.2) is 4.79 Å². The molecule has 1 aromatic rings. The molecule has 126 valence electrons. The quantitative estimate of drug-likeness (QED) is 0.834. The third-order valence-electron chi connectivity index (χ3n) is 4.22. The minimum atomic E-state index is -1.02. The van der Waals surface area contributed by atoms with E-state index in [1.165, 1.54) is 0 Å². The summed E-state index contributed by atoms with van der Waals surface area (Å²) < 4.78 is 10.5. The van der Waals surface area contributed by atoms with E-state index >= 15 is 0 Å². The smallest absolute Gasteiger partial charge is 0.326 e. The Morgan fingerprint density at radius 3 is 2.83 bits per heavy atom. The molecule has 1 saturated heterocycles. The third-order valence-corrected chi connectivity index (χ3v) is 4.22. The van der Waals surface area contributed by atoms with Crippen LogP contribution in [0.15, 0.2) is 24.3 Å².